The topological polar surface area (TPSA) is 30.5 Å². The highest BCUT2D eigenvalue weighted by molar-refractivity contribution is 8.00. The summed E-state index contributed by atoms with van der Waals surface area (Å²) in [5.74, 6) is 1.78. The number of fused-ring (bicyclic) bond motifs is 1. The Morgan fingerprint density at radius 3 is 2.65 bits per heavy atom. The molecule has 92 valence electrons. The summed E-state index contributed by atoms with van der Waals surface area (Å²) in [5.41, 5.74) is 0. The van der Waals surface area contributed by atoms with Crippen molar-refractivity contribution < 1.29 is 9.47 Å². The van der Waals surface area contributed by atoms with Crippen LogP contribution in [-0.4, -0.2) is 31.6 Å². The Bertz CT molecular complexity index is 391. The molecule has 17 heavy (non-hydrogen) atoms. The molecular formula is C13H17NO2S. The fourth-order valence-corrected chi connectivity index (χ4v) is 3.38. The highest BCUT2D eigenvalue weighted by Gasteiger charge is 2.16. The van der Waals surface area contributed by atoms with Crippen molar-refractivity contribution in [1.29, 1.82) is 0 Å². The molecule has 0 bridgehead atoms. The molecule has 0 radical (unpaired) electrons. The molecule has 0 spiro atoms. The number of piperidine rings is 1. The number of benzene rings is 1. The van der Waals surface area contributed by atoms with E-state index >= 15 is 0 Å². The lowest BCUT2D eigenvalue weighted by Gasteiger charge is -2.23. The standard InChI is InChI=1S/C13H17NO2S/c1-2-12-13(16-8-7-15-12)9-11(1)17-10-3-5-14-6-4-10/h1-2,9-10,14H,3-8H2. The van der Waals surface area contributed by atoms with Gasteiger partial charge in [-0.05, 0) is 44.1 Å². The minimum atomic E-state index is 0.660. The second-order valence-corrected chi connectivity index (χ2v) is 5.75. The van der Waals surface area contributed by atoms with Gasteiger partial charge in [-0.3, -0.25) is 0 Å². The van der Waals surface area contributed by atoms with Gasteiger partial charge in [0.15, 0.2) is 11.5 Å². The van der Waals surface area contributed by atoms with Crippen molar-refractivity contribution in [2.24, 2.45) is 0 Å². The van der Waals surface area contributed by atoms with Crippen LogP contribution >= 0.6 is 11.8 Å². The summed E-state index contributed by atoms with van der Waals surface area (Å²) in [6.45, 7) is 3.60. The molecule has 2 heterocycles. The zero-order valence-electron chi connectivity index (χ0n) is 9.78. The third-order valence-electron chi connectivity index (χ3n) is 3.10. The van der Waals surface area contributed by atoms with E-state index in [1.165, 1.54) is 17.7 Å². The third kappa shape index (κ3) is 2.69. The zero-order chi connectivity index (χ0) is 11.5. The first-order valence-electron chi connectivity index (χ1n) is 6.19. The molecule has 1 N–H and O–H groups in total. The predicted molar refractivity (Wildman–Crippen MR) is 69.2 cm³/mol. The summed E-state index contributed by atoms with van der Waals surface area (Å²) >= 11 is 1.96. The zero-order valence-corrected chi connectivity index (χ0v) is 10.6. The second-order valence-electron chi connectivity index (χ2n) is 4.37. The summed E-state index contributed by atoms with van der Waals surface area (Å²) in [6.07, 6.45) is 2.50. The van der Waals surface area contributed by atoms with Crippen LogP contribution in [0, 0.1) is 0 Å². The molecule has 0 unspecified atom stereocenters. The molecule has 0 aliphatic carbocycles. The molecule has 0 saturated carbocycles. The minimum Gasteiger partial charge on any atom is -0.486 e. The number of hydrogen-bond donors (Lipinski definition) is 1. The van der Waals surface area contributed by atoms with Gasteiger partial charge in [0.1, 0.15) is 13.2 Å². The van der Waals surface area contributed by atoms with Gasteiger partial charge in [0.05, 0.1) is 0 Å². The number of rotatable bonds is 2. The van der Waals surface area contributed by atoms with Crippen molar-refractivity contribution in [3.63, 3.8) is 0 Å². The summed E-state index contributed by atoms with van der Waals surface area (Å²) in [6, 6.07) is 6.28. The average molecular weight is 251 g/mol. The minimum absolute atomic E-state index is 0.660. The van der Waals surface area contributed by atoms with E-state index in [1.807, 2.05) is 17.8 Å². The van der Waals surface area contributed by atoms with Crippen LogP contribution in [0.15, 0.2) is 23.1 Å². The normalized spacial score (nSPS) is 20.2. The van der Waals surface area contributed by atoms with Crippen molar-refractivity contribution >= 4 is 11.8 Å². The van der Waals surface area contributed by atoms with Crippen molar-refractivity contribution in [2.45, 2.75) is 23.0 Å². The molecule has 2 aliphatic rings. The highest BCUT2D eigenvalue weighted by atomic mass is 32.2. The van der Waals surface area contributed by atoms with Crippen LogP contribution in [0.2, 0.25) is 0 Å². The summed E-state index contributed by atoms with van der Waals surface area (Å²) in [5, 5.41) is 4.13. The second kappa shape index (κ2) is 5.19. The Balaban J connectivity index is 1.70. The molecule has 1 fully saturated rings. The van der Waals surface area contributed by atoms with Crippen LogP contribution < -0.4 is 14.8 Å². The van der Waals surface area contributed by atoms with Crippen LogP contribution in [0.25, 0.3) is 0 Å². The van der Waals surface area contributed by atoms with Crippen molar-refractivity contribution in [3.05, 3.63) is 18.2 Å². The molecule has 1 aromatic rings. The van der Waals surface area contributed by atoms with E-state index in [-0.39, 0.29) is 0 Å². The molecule has 4 heteroatoms. The Hall–Kier alpha value is -0.870. The average Bonchev–Trinajstić information content (AvgIpc) is 2.40. The van der Waals surface area contributed by atoms with Crippen LogP contribution in [0.4, 0.5) is 0 Å². The molecule has 2 aliphatic heterocycles. The maximum Gasteiger partial charge on any atom is 0.162 e. The van der Waals surface area contributed by atoms with Gasteiger partial charge in [0.2, 0.25) is 0 Å². The van der Waals surface area contributed by atoms with Gasteiger partial charge in [0.25, 0.3) is 0 Å². The number of thioether (sulfide) groups is 1. The lowest BCUT2D eigenvalue weighted by Crippen LogP contribution is -2.29. The first kappa shape index (κ1) is 11.2. The third-order valence-corrected chi connectivity index (χ3v) is 4.43. The number of ether oxygens (including phenoxy) is 2. The van der Waals surface area contributed by atoms with Crippen molar-refractivity contribution in [2.75, 3.05) is 26.3 Å². The maximum atomic E-state index is 5.60. The molecule has 0 amide bonds. The van der Waals surface area contributed by atoms with E-state index in [4.69, 9.17) is 9.47 Å². The van der Waals surface area contributed by atoms with E-state index in [2.05, 4.69) is 17.4 Å². The number of nitrogens with one attached hydrogen (secondary N) is 1. The van der Waals surface area contributed by atoms with Gasteiger partial charge in [0, 0.05) is 10.1 Å². The van der Waals surface area contributed by atoms with Gasteiger partial charge < -0.3 is 14.8 Å². The van der Waals surface area contributed by atoms with Crippen LogP contribution in [0.5, 0.6) is 11.5 Å². The van der Waals surface area contributed by atoms with Gasteiger partial charge in [-0.15, -0.1) is 11.8 Å². The SMILES string of the molecule is c1cc2c(cc1SC1CCNCC1)OCCO2. The highest BCUT2D eigenvalue weighted by Crippen LogP contribution is 2.36. The van der Waals surface area contributed by atoms with E-state index < -0.39 is 0 Å². The maximum absolute atomic E-state index is 5.60. The molecule has 1 aromatic carbocycles. The first-order chi connectivity index (χ1) is 8.42. The lowest BCUT2D eigenvalue weighted by molar-refractivity contribution is 0.171. The van der Waals surface area contributed by atoms with Crippen molar-refractivity contribution in [3.8, 4) is 11.5 Å². The Morgan fingerprint density at radius 1 is 1.06 bits per heavy atom. The molecular weight excluding hydrogens is 234 g/mol. The molecule has 1 saturated heterocycles. The Kier molecular flexibility index (Phi) is 3.43. The summed E-state index contributed by atoms with van der Waals surface area (Å²) < 4.78 is 11.1. The fourth-order valence-electron chi connectivity index (χ4n) is 2.20. The first-order valence-corrected chi connectivity index (χ1v) is 7.07. The Morgan fingerprint density at radius 2 is 1.82 bits per heavy atom. The van der Waals surface area contributed by atoms with E-state index in [0.29, 0.717) is 13.2 Å². The van der Waals surface area contributed by atoms with Gasteiger partial charge in [-0.1, -0.05) is 0 Å². The van der Waals surface area contributed by atoms with Crippen LogP contribution in [-0.2, 0) is 0 Å². The monoisotopic (exact) mass is 251 g/mol. The summed E-state index contributed by atoms with van der Waals surface area (Å²) in [7, 11) is 0. The number of hydrogen-bond acceptors (Lipinski definition) is 4. The van der Waals surface area contributed by atoms with Crippen LogP contribution in [0.3, 0.4) is 0 Å². The Labute approximate surface area is 106 Å². The smallest absolute Gasteiger partial charge is 0.162 e. The molecule has 3 nitrogen and oxygen atoms in total. The van der Waals surface area contributed by atoms with Gasteiger partial charge in [-0.2, -0.15) is 0 Å². The van der Waals surface area contributed by atoms with E-state index in [9.17, 15) is 0 Å². The molecule has 3 rings (SSSR count). The largest absolute Gasteiger partial charge is 0.486 e. The fraction of sp³-hybridized carbons (Fsp3) is 0.538. The predicted octanol–water partition coefficient (Wildman–Crippen LogP) is 2.30. The lowest BCUT2D eigenvalue weighted by atomic mass is 10.2. The molecule has 0 atom stereocenters. The van der Waals surface area contributed by atoms with E-state index in [1.54, 1.807) is 0 Å². The summed E-state index contributed by atoms with van der Waals surface area (Å²) in [4.78, 5) is 1.29. The molecule has 0 aromatic heterocycles. The van der Waals surface area contributed by atoms with Gasteiger partial charge >= 0.3 is 0 Å². The quantitative estimate of drug-likeness (QED) is 0.873. The van der Waals surface area contributed by atoms with E-state index in [0.717, 1.165) is 29.8 Å². The van der Waals surface area contributed by atoms with Gasteiger partial charge in [-0.25, -0.2) is 0 Å². The van der Waals surface area contributed by atoms with Crippen molar-refractivity contribution in [1.82, 2.24) is 5.32 Å². The van der Waals surface area contributed by atoms with Crippen LogP contribution in [0.1, 0.15) is 12.8 Å².